The molecule has 1 heterocycles. The van der Waals surface area contributed by atoms with E-state index in [1.165, 1.54) is 35.2 Å². The van der Waals surface area contributed by atoms with E-state index < -0.39 is 40.0 Å². The van der Waals surface area contributed by atoms with E-state index in [1.54, 1.807) is 0 Å². The molecule has 1 aliphatic rings. The van der Waals surface area contributed by atoms with Gasteiger partial charge in [-0.15, -0.1) is 0 Å². The number of carbonyl (C=O) groups excluding carboxylic acids is 2. The fourth-order valence-electron chi connectivity index (χ4n) is 2.90. The molecule has 2 aromatic carbocycles. The molecule has 0 unspecified atom stereocenters. The summed E-state index contributed by atoms with van der Waals surface area (Å²) in [5, 5.41) is 0. The van der Waals surface area contributed by atoms with Crippen LogP contribution in [0.3, 0.4) is 0 Å². The van der Waals surface area contributed by atoms with Gasteiger partial charge in [-0.2, -0.15) is 26.6 Å². The summed E-state index contributed by atoms with van der Waals surface area (Å²) in [4.78, 5) is 29.2. The molecule has 9 nitrogen and oxygen atoms in total. The summed E-state index contributed by atoms with van der Waals surface area (Å²) in [6, 6.07) is 9.72. The zero-order valence-corrected chi connectivity index (χ0v) is 17.9. The maximum atomic E-state index is 12.8. The largest absolute Gasteiger partial charge is 0.441 e. The number of nitrogens with two attached hydrogens (primary N) is 1. The van der Waals surface area contributed by atoms with Crippen LogP contribution in [0.25, 0.3) is 0 Å². The molecule has 2 aromatic rings. The first-order chi connectivity index (χ1) is 15.3. The number of carbonyl (C=O) groups is 2. The normalized spacial score (nSPS) is 17.2. The smallest absolute Gasteiger partial charge is 0.416 e. The number of hydrogen-bond donors (Lipinski definition) is 1. The second-order valence-electron chi connectivity index (χ2n) is 7.03. The maximum absolute atomic E-state index is 12.8. The van der Waals surface area contributed by atoms with Crippen molar-refractivity contribution in [3.8, 4) is 0 Å². The van der Waals surface area contributed by atoms with Crippen LogP contribution in [0, 0.1) is 0 Å². The molecule has 176 valence electrons. The molecule has 1 atom stereocenters. The van der Waals surface area contributed by atoms with Gasteiger partial charge in [0.1, 0.15) is 18.5 Å². The van der Waals surface area contributed by atoms with Crippen LogP contribution in [0.5, 0.6) is 0 Å². The Morgan fingerprint density at radius 2 is 1.88 bits per heavy atom. The summed E-state index contributed by atoms with van der Waals surface area (Å²) < 4.78 is 70.3. The van der Waals surface area contributed by atoms with Gasteiger partial charge in [-0.25, -0.2) is 4.79 Å². The first kappa shape index (κ1) is 24.2. The number of alkyl halides is 3. The molecular formula is C20H18F3N3O6S. The highest BCUT2D eigenvalue weighted by Gasteiger charge is 2.33. The van der Waals surface area contributed by atoms with E-state index in [0.29, 0.717) is 17.3 Å². The van der Waals surface area contributed by atoms with Gasteiger partial charge < -0.3 is 10.5 Å². The van der Waals surface area contributed by atoms with E-state index in [1.807, 2.05) is 0 Å². The molecule has 0 radical (unpaired) electrons. The van der Waals surface area contributed by atoms with Gasteiger partial charge in [0.25, 0.3) is 16.0 Å². The van der Waals surface area contributed by atoms with Crippen LogP contribution in [-0.4, -0.2) is 51.8 Å². The Hall–Kier alpha value is -3.45. The van der Waals surface area contributed by atoms with Gasteiger partial charge in [0.05, 0.1) is 18.4 Å². The minimum Gasteiger partial charge on any atom is -0.441 e. The molecule has 1 aliphatic heterocycles. The number of halogens is 3. The van der Waals surface area contributed by atoms with E-state index in [2.05, 4.69) is 9.18 Å². The lowest BCUT2D eigenvalue weighted by Crippen LogP contribution is -2.26. The minimum absolute atomic E-state index is 0.0469. The number of cyclic esters (lactones) is 1. The minimum atomic E-state index is -4.60. The second kappa shape index (κ2) is 9.19. The monoisotopic (exact) mass is 485 g/mol. The van der Waals surface area contributed by atoms with Crippen LogP contribution in [0.4, 0.5) is 23.7 Å². The number of benzene rings is 2. The van der Waals surface area contributed by atoms with Crippen molar-refractivity contribution in [3.05, 3.63) is 65.2 Å². The molecule has 0 aromatic heterocycles. The van der Waals surface area contributed by atoms with Crippen LogP contribution in [0.15, 0.2) is 53.5 Å². The molecule has 1 fully saturated rings. The summed E-state index contributed by atoms with van der Waals surface area (Å²) in [5.41, 5.74) is 5.26. The molecule has 0 spiro atoms. The second-order valence-corrected chi connectivity index (χ2v) is 8.68. The Morgan fingerprint density at radius 1 is 1.21 bits per heavy atom. The van der Waals surface area contributed by atoms with E-state index in [4.69, 9.17) is 10.5 Å². The lowest BCUT2D eigenvalue weighted by Gasteiger charge is -2.13. The zero-order chi connectivity index (χ0) is 24.4. The quantitative estimate of drug-likeness (QED) is 0.378. The van der Waals surface area contributed by atoms with Crippen molar-refractivity contribution >= 4 is 33.6 Å². The SMILES string of the molecule is CS(=O)(=O)OC[C@H]1CN(c2ccc(C(N)=NC(=O)c3cccc(C(F)(F)F)c3)cc2)C(=O)O1. The third kappa shape index (κ3) is 6.29. The Kier molecular flexibility index (Phi) is 6.74. The fourth-order valence-corrected chi connectivity index (χ4v) is 3.30. The molecular weight excluding hydrogens is 467 g/mol. The molecule has 0 bridgehead atoms. The van der Waals surface area contributed by atoms with Crippen molar-refractivity contribution in [3.63, 3.8) is 0 Å². The van der Waals surface area contributed by atoms with Crippen LogP contribution in [0.2, 0.25) is 0 Å². The molecule has 0 saturated carbocycles. The first-order valence-corrected chi connectivity index (χ1v) is 11.1. The highest BCUT2D eigenvalue weighted by molar-refractivity contribution is 7.85. The van der Waals surface area contributed by atoms with Crippen molar-refractivity contribution in [1.29, 1.82) is 0 Å². The van der Waals surface area contributed by atoms with Crippen molar-refractivity contribution in [1.82, 2.24) is 0 Å². The number of nitrogens with zero attached hydrogens (tertiary/aromatic N) is 2. The molecule has 0 aliphatic carbocycles. The van der Waals surface area contributed by atoms with E-state index >= 15 is 0 Å². The third-order valence-electron chi connectivity index (χ3n) is 4.48. The van der Waals surface area contributed by atoms with E-state index in [9.17, 15) is 31.2 Å². The summed E-state index contributed by atoms with van der Waals surface area (Å²) in [7, 11) is -3.69. The molecule has 33 heavy (non-hydrogen) atoms. The molecule has 13 heteroatoms. The Morgan fingerprint density at radius 3 is 2.48 bits per heavy atom. The number of anilines is 1. The number of amidine groups is 1. The highest BCUT2D eigenvalue weighted by Crippen LogP contribution is 2.29. The number of amides is 2. The Labute approximate surface area is 186 Å². The lowest BCUT2D eigenvalue weighted by molar-refractivity contribution is -0.137. The van der Waals surface area contributed by atoms with Gasteiger partial charge in [-0.3, -0.25) is 13.9 Å². The average Bonchev–Trinajstić information content (AvgIpc) is 3.12. The number of hydrogen-bond acceptors (Lipinski definition) is 6. The standard InChI is InChI=1S/C20H18F3N3O6S/c1-33(29,30)31-11-16-10-26(19(28)32-16)15-7-5-12(6-8-15)17(24)25-18(27)13-3-2-4-14(9-13)20(21,22)23/h2-9,16H,10-11H2,1H3,(H2,24,25,27)/t16-/m1/s1. The van der Waals surface area contributed by atoms with Crippen LogP contribution >= 0.6 is 0 Å². The van der Waals surface area contributed by atoms with Gasteiger partial charge in [0.2, 0.25) is 0 Å². The molecule has 3 rings (SSSR count). The summed E-state index contributed by atoms with van der Waals surface area (Å²) >= 11 is 0. The number of ether oxygens (including phenoxy) is 1. The number of rotatable bonds is 6. The Balaban J connectivity index is 1.70. The van der Waals surface area contributed by atoms with Crippen molar-refractivity contribution in [2.75, 3.05) is 24.3 Å². The van der Waals surface area contributed by atoms with E-state index in [0.717, 1.165) is 18.4 Å². The lowest BCUT2D eigenvalue weighted by atomic mass is 10.1. The summed E-state index contributed by atoms with van der Waals surface area (Å²) in [6.07, 6.45) is -5.22. The topological polar surface area (TPSA) is 128 Å². The van der Waals surface area contributed by atoms with Crippen molar-refractivity contribution in [2.24, 2.45) is 10.7 Å². The summed E-state index contributed by atoms with van der Waals surface area (Å²) in [6.45, 7) is -0.276. The molecule has 1 saturated heterocycles. The van der Waals surface area contributed by atoms with Gasteiger partial charge in [-0.1, -0.05) is 6.07 Å². The Bertz CT molecular complexity index is 1200. The van der Waals surface area contributed by atoms with Gasteiger partial charge in [-0.05, 0) is 42.5 Å². The average molecular weight is 485 g/mol. The third-order valence-corrected chi connectivity index (χ3v) is 5.04. The molecule has 2 N–H and O–H groups in total. The van der Waals surface area contributed by atoms with Crippen LogP contribution in [0.1, 0.15) is 21.5 Å². The maximum Gasteiger partial charge on any atom is 0.416 e. The fraction of sp³-hybridized carbons (Fsp3) is 0.250. The number of aliphatic imine (C=N–C) groups is 1. The van der Waals surface area contributed by atoms with Gasteiger partial charge in [0.15, 0.2) is 0 Å². The van der Waals surface area contributed by atoms with Gasteiger partial charge in [0, 0.05) is 16.8 Å². The highest BCUT2D eigenvalue weighted by atomic mass is 32.2. The van der Waals surface area contributed by atoms with Crippen molar-refractivity contribution in [2.45, 2.75) is 12.3 Å². The van der Waals surface area contributed by atoms with Crippen LogP contribution < -0.4 is 10.6 Å². The summed E-state index contributed by atoms with van der Waals surface area (Å²) in [5.74, 6) is -1.17. The van der Waals surface area contributed by atoms with E-state index in [-0.39, 0.29) is 24.6 Å². The predicted octanol–water partition coefficient (Wildman–Crippen LogP) is 2.55. The van der Waals surface area contributed by atoms with Crippen molar-refractivity contribution < 1.29 is 40.1 Å². The van der Waals surface area contributed by atoms with Gasteiger partial charge >= 0.3 is 12.3 Å². The first-order valence-electron chi connectivity index (χ1n) is 9.32. The van der Waals surface area contributed by atoms with Crippen LogP contribution in [-0.2, 0) is 25.2 Å². The molecule has 2 amide bonds. The predicted molar refractivity (Wildman–Crippen MR) is 111 cm³/mol. The zero-order valence-electron chi connectivity index (χ0n) is 17.1.